The van der Waals surface area contributed by atoms with Gasteiger partial charge < -0.3 is 9.47 Å². The molecule has 0 aromatic carbocycles. The summed E-state index contributed by atoms with van der Waals surface area (Å²) < 4.78 is 10.7. The maximum atomic E-state index is 12.1. The van der Waals surface area contributed by atoms with Crippen molar-refractivity contribution in [2.75, 3.05) is 0 Å². The van der Waals surface area contributed by atoms with Crippen LogP contribution in [0.1, 0.15) is 149 Å². The molecule has 0 aliphatic carbocycles. The Morgan fingerprint density at radius 3 is 1.50 bits per heavy atom. The summed E-state index contributed by atoms with van der Waals surface area (Å²) in [5.74, 6) is 0.0398. The lowest BCUT2D eigenvalue weighted by atomic mass is 10.0. The highest BCUT2D eigenvalue weighted by Gasteiger charge is 2.34. The molecular weight excluding hydrogens is 400 g/mol. The van der Waals surface area contributed by atoms with Gasteiger partial charge in [0.15, 0.2) is 6.10 Å². The van der Waals surface area contributed by atoms with Gasteiger partial charge in [-0.05, 0) is 19.8 Å². The van der Waals surface area contributed by atoms with Crippen LogP contribution < -0.4 is 0 Å². The molecule has 1 aliphatic heterocycles. The lowest BCUT2D eigenvalue weighted by Gasteiger charge is -2.05. The Bertz CT molecular complexity index is 538. The summed E-state index contributed by atoms with van der Waals surface area (Å²) in [5.41, 5.74) is 0. The van der Waals surface area contributed by atoms with Crippen LogP contribution in [0.15, 0.2) is 11.5 Å². The van der Waals surface area contributed by atoms with Gasteiger partial charge >= 0.3 is 5.97 Å². The average molecular weight is 451 g/mol. The highest BCUT2D eigenvalue weighted by Crippen LogP contribution is 2.25. The predicted molar refractivity (Wildman–Crippen MR) is 132 cm³/mol. The van der Waals surface area contributed by atoms with E-state index in [-0.39, 0.29) is 17.5 Å². The Labute approximate surface area is 197 Å². The number of allylic oxidation sites excluding steroid dienone is 1. The fourth-order valence-electron chi connectivity index (χ4n) is 4.37. The van der Waals surface area contributed by atoms with E-state index in [2.05, 4.69) is 6.92 Å². The minimum atomic E-state index is -0.483. The second-order valence-electron chi connectivity index (χ2n) is 9.50. The summed E-state index contributed by atoms with van der Waals surface area (Å²) in [6.45, 7) is 5.85. The average Bonchev–Trinajstić information content (AvgIpc) is 3.05. The van der Waals surface area contributed by atoms with E-state index in [1.165, 1.54) is 103 Å². The molecule has 32 heavy (non-hydrogen) atoms. The molecule has 186 valence electrons. The number of hydrogen-bond acceptors (Lipinski definition) is 4. The number of Topliss-reactive ketones (excluding diaryl/α,β-unsaturated/α-hetero) is 1. The molecule has 0 saturated carbocycles. The SMILES string of the molecule is CCCCCCCCCCCCCCCCCCCCC(=O)OC1=C(C)OC(CC)C1=O. The van der Waals surface area contributed by atoms with Crippen molar-refractivity contribution in [3.63, 3.8) is 0 Å². The van der Waals surface area contributed by atoms with Crippen molar-refractivity contribution in [2.45, 2.75) is 155 Å². The van der Waals surface area contributed by atoms with Gasteiger partial charge in [0.1, 0.15) is 5.76 Å². The molecule has 0 bridgehead atoms. The van der Waals surface area contributed by atoms with Gasteiger partial charge in [0.05, 0.1) is 0 Å². The summed E-state index contributed by atoms with van der Waals surface area (Å²) in [6, 6.07) is 0. The molecule has 0 aromatic heterocycles. The largest absolute Gasteiger partial charge is 0.483 e. The molecule has 4 heteroatoms. The van der Waals surface area contributed by atoms with E-state index >= 15 is 0 Å². The third-order valence-electron chi connectivity index (χ3n) is 6.48. The topological polar surface area (TPSA) is 52.6 Å². The first kappa shape index (κ1) is 28.7. The highest BCUT2D eigenvalue weighted by molar-refractivity contribution is 6.01. The van der Waals surface area contributed by atoms with Gasteiger partial charge in [0, 0.05) is 6.42 Å². The Morgan fingerprint density at radius 1 is 0.719 bits per heavy atom. The number of rotatable bonds is 21. The first-order chi connectivity index (χ1) is 15.6. The van der Waals surface area contributed by atoms with Crippen LogP contribution in [0.2, 0.25) is 0 Å². The standard InChI is InChI=1S/C28H50O4/c1-4-6-7-8-9-10-11-12-13-14-15-16-17-18-19-20-21-22-23-26(29)32-28-24(3)31-25(5-2)27(28)30/h25H,4-23H2,1-3H3. The van der Waals surface area contributed by atoms with Gasteiger partial charge in [-0.15, -0.1) is 0 Å². The third kappa shape index (κ3) is 13.3. The predicted octanol–water partition coefficient (Wildman–Crippen LogP) is 8.57. The summed E-state index contributed by atoms with van der Waals surface area (Å²) in [7, 11) is 0. The van der Waals surface area contributed by atoms with E-state index in [0.29, 0.717) is 18.6 Å². The molecule has 1 atom stereocenters. The van der Waals surface area contributed by atoms with E-state index < -0.39 is 6.10 Å². The fraction of sp³-hybridized carbons (Fsp3) is 0.857. The van der Waals surface area contributed by atoms with Crippen LogP contribution in [-0.4, -0.2) is 17.9 Å². The molecule has 0 radical (unpaired) electrons. The number of unbranched alkanes of at least 4 members (excludes halogenated alkanes) is 17. The third-order valence-corrected chi connectivity index (χ3v) is 6.48. The van der Waals surface area contributed by atoms with E-state index in [1.807, 2.05) is 6.92 Å². The molecule has 0 aromatic rings. The molecule has 1 unspecified atom stereocenters. The van der Waals surface area contributed by atoms with Crippen LogP contribution in [0.25, 0.3) is 0 Å². The number of carbonyl (C=O) groups is 2. The Hall–Kier alpha value is -1.32. The summed E-state index contributed by atoms with van der Waals surface area (Å²) >= 11 is 0. The maximum Gasteiger partial charge on any atom is 0.311 e. The van der Waals surface area contributed by atoms with E-state index in [1.54, 1.807) is 6.92 Å². The van der Waals surface area contributed by atoms with Gasteiger partial charge in [0.25, 0.3) is 0 Å². The summed E-state index contributed by atoms with van der Waals surface area (Å²) in [5, 5.41) is 0. The fourth-order valence-corrected chi connectivity index (χ4v) is 4.37. The normalized spacial score (nSPS) is 16.0. The van der Waals surface area contributed by atoms with Crippen LogP contribution in [0, 0.1) is 0 Å². The molecule has 0 saturated heterocycles. The van der Waals surface area contributed by atoms with Crippen molar-refractivity contribution in [3.8, 4) is 0 Å². The van der Waals surface area contributed by atoms with Crippen molar-refractivity contribution < 1.29 is 19.1 Å². The molecule has 1 rings (SSSR count). The maximum absolute atomic E-state index is 12.1. The zero-order chi connectivity index (χ0) is 23.4. The zero-order valence-corrected chi connectivity index (χ0v) is 21.4. The molecule has 1 aliphatic rings. The van der Waals surface area contributed by atoms with Crippen LogP contribution in [0.4, 0.5) is 0 Å². The van der Waals surface area contributed by atoms with Gasteiger partial charge in [0.2, 0.25) is 11.5 Å². The number of hydrogen-bond donors (Lipinski definition) is 0. The minimum absolute atomic E-state index is 0.115. The molecule has 0 fully saturated rings. The lowest BCUT2D eigenvalue weighted by Crippen LogP contribution is -2.19. The highest BCUT2D eigenvalue weighted by atomic mass is 16.6. The van der Waals surface area contributed by atoms with Gasteiger partial charge in [-0.3, -0.25) is 9.59 Å². The number of ketones is 1. The Balaban J connectivity index is 1.83. The molecule has 0 spiro atoms. The monoisotopic (exact) mass is 450 g/mol. The summed E-state index contributed by atoms with van der Waals surface area (Å²) in [4.78, 5) is 24.1. The van der Waals surface area contributed by atoms with Crippen molar-refractivity contribution in [1.29, 1.82) is 0 Å². The van der Waals surface area contributed by atoms with Crippen molar-refractivity contribution in [3.05, 3.63) is 11.5 Å². The molecular formula is C28H50O4. The van der Waals surface area contributed by atoms with Crippen LogP contribution in [0.5, 0.6) is 0 Å². The molecule has 1 heterocycles. The van der Waals surface area contributed by atoms with Crippen LogP contribution >= 0.6 is 0 Å². The molecule has 0 N–H and O–H groups in total. The first-order valence-corrected chi connectivity index (χ1v) is 13.7. The molecule has 0 amide bonds. The van der Waals surface area contributed by atoms with Gasteiger partial charge in [-0.25, -0.2) is 0 Å². The minimum Gasteiger partial charge on any atom is -0.483 e. The lowest BCUT2D eigenvalue weighted by molar-refractivity contribution is -0.142. The van der Waals surface area contributed by atoms with Gasteiger partial charge in [-0.2, -0.15) is 0 Å². The second-order valence-corrected chi connectivity index (χ2v) is 9.50. The Kier molecular flexibility index (Phi) is 17.2. The van der Waals surface area contributed by atoms with Crippen molar-refractivity contribution in [2.24, 2.45) is 0 Å². The quantitative estimate of drug-likeness (QED) is 0.130. The van der Waals surface area contributed by atoms with E-state index in [0.717, 1.165) is 12.8 Å². The van der Waals surface area contributed by atoms with E-state index in [9.17, 15) is 9.59 Å². The Morgan fingerprint density at radius 2 is 1.12 bits per heavy atom. The number of carbonyl (C=O) groups excluding carboxylic acids is 2. The van der Waals surface area contributed by atoms with Crippen LogP contribution in [-0.2, 0) is 19.1 Å². The van der Waals surface area contributed by atoms with Crippen LogP contribution in [0.3, 0.4) is 0 Å². The first-order valence-electron chi connectivity index (χ1n) is 13.7. The smallest absolute Gasteiger partial charge is 0.311 e. The summed E-state index contributed by atoms with van der Waals surface area (Å²) in [6.07, 6.45) is 24.4. The van der Waals surface area contributed by atoms with Gasteiger partial charge in [-0.1, -0.05) is 123 Å². The van der Waals surface area contributed by atoms with E-state index in [4.69, 9.17) is 9.47 Å². The molecule has 4 nitrogen and oxygen atoms in total. The zero-order valence-electron chi connectivity index (χ0n) is 21.4. The second kappa shape index (κ2) is 19.2. The number of ether oxygens (including phenoxy) is 2. The number of esters is 1. The van der Waals surface area contributed by atoms with Crippen molar-refractivity contribution in [1.82, 2.24) is 0 Å². The van der Waals surface area contributed by atoms with Crippen molar-refractivity contribution >= 4 is 11.8 Å².